The number of carbonyl (C=O) groups is 1. The molecule has 0 aliphatic rings. The summed E-state index contributed by atoms with van der Waals surface area (Å²) >= 11 is 0. The first kappa shape index (κ1) is 17.0. The number of ether oxygens (including phenoxy) is 1. The number of hydrogen-bond acceptors (Lipinski definition) is 3. The van der Waals surface area contributed by atoms with Crippen LogP contribution in [0.5, 0.6) is 5.75 Å². The first-order chi connectivity index (χ1) is 11.2. The fourth-order valence-corrected chi connectivity index (χ4v) is 2.10. The van der Waals surface area contributed by atoms with E-state index in [2.05, 4.69) is 10.6 Å². The van der Waals surface area contributed by atoms with Crippen molar-refractivity contribution < 1.29 is 13.9 Å². The van der Waals surface area contributed by atoms with Gasteiger partial charge < -0.3 is 15.4 Å². The summed E-state index contributed by atoms with van der Waals surface area (Å²) in [6, 6.07) is 14.2. The van der Waals surface area contributed by atoms with Crippen molar-refractivity contribution in [3.8, 4) is 5.75 Å². The van der Waals surface area contributed by atoms with Crippen molar-refractivity contribution in [1.82, 2.24) is 10.6 Å². The Labute approximate surface area is 135 Å². The fraction of sp³-hybridized carbons (Fsp3) is 0.278. The number of carbonyl (C=O) groups excluding carboxylic acids is 1. The molecule has 0 bridgehead atoms. The Morgan fingerprint density at radius 3 is 2.52 bits per heavy atom. The van der Waals surface area contributed by atoms with Gasteiger partial charge in [0.15, 0.2) is 0 Å². The molecule has 2 N–H and O–H groups in total. The van der Waals surface area contributed by atoms with Gasteiger partial charge in [0.2, 0.25) is 5.91 Å². The Hall–Kier alpha value is -2.40. The molecule has 0 saturated carbocycles. The van der Waals surface area contributed by atoms with E-state index in [1.165, 1.54) is 6.07 Å². The highest BCUT2D eigenvalue weighted by molar-refractivity contribution is 5.76. The summed E-state index contributed by atoms with van der Waals surface area (Å²) < 4.78 is 18.5. The van der Waals surface area contributed by atoms with Crippen molar-refractivity contribution in [1.29, 1.82) is 0 Å². The van der Waals surface area contributed by atoms with Gasteiger partial charge in [0.05, 0.1) is 7.11 Å². The van der Waals surface area contributed by atoms with Crippen LogP contribution in [0.25, 0.3) is 0 Å². The standard InChI is InChI=1S/C18H21FN2O2/c1-23-16-8-6-14(7-9-16)12-21-18(22)10-11-20-13-15-4-2-3-5-17(15)19/h2-9,20H,10-13H2,1H3,(H,21,22). The molecule has 1 amide bonds. The Morgan fingerprint density at radius 2 is 1.83 bits per heavy atom. The van der Waals surface area contributed by atoms with E-state index in [0.29, 0.717) is 31.6 Å². The number of nitrogens with one attached hydrogen (secondary N) is 2. The van der Waals surface area contributed by atoms with Gasteiger partial charge in [0.1, 0.15) is 11.6 Å². The van der Waals surface area contributed by atoms with E-state index in [1.54, 1.807) is 25.3 Å². The lowest BCUT2D eigenvalue weighted by Gasteiger charge is -2.08. The Kier molecular flexibility index (Phi) is 6.56. The number of benzene rings is 2. The quantitative estimate of drug-likeness (QED) is 0.736. The zero-order valence-electron chi connectivity index (χ0n) is 13.1. The lowest BCUT2D eigenvalue weighted by atomic mass is 10.2. The van der Waals surface area contributed by atoms with Crippen LogP contribution in [0.4, 0.5) is 4.39 Å². The minimum atomic E-state index is -0.232. The van der Waals surface area contributed by atoms with Crippen LogP contribution in [0.15, 0.2) is 48.5 Å². The number of halogens is 1. The predicted octanol–water partition coefficient (Wildman–Crippen LogP) is 2.63. The number of amides is 1. The van der Waals surface area contributed by atoms with Gasteiger partial charge in [-0.2, -0.15) is 0 Å². The molecular formula is C18H21FN2O2. The topological polar surface area (TPSA) is 50.4 Å². The predicted molar refractivity (Wildman–Crippen MR) is 87.6 cm³/mol. The third-order valence-electron chi connectivity index (χ3n) is 3.45. The van der Waals surface area contributed by atoms with E-state index in [-0.39, 0.29) is 11.7 Å². The Balaban J connectivity index is 1.64. The Morgan fingerprint density at radius 1 is 1.09 bits per heavy atom. The van der Waals surface area contributed by atoms with Crippen LogP contribution in [-0.2, 0) is 17.9 Å². The molecule has 0 aliphatic carbocycles. The third-order valence-corrected chi connectivity index (χ3v) is 3.45. The fourth-order valence-electron chi connectivity index (χ4n) is 2.10. The number of methoxy groups -OCH3 is 1. The molecule has 0 heterocycles. The van der Waals surface area contributed by atoms with Crippen LogP contribution in [0, 0.1) is 5.82 Å². The molecule has 0 spiro atoms. The van der Waals surface area contributed by atoms with Gasteiger partial charge in [0, 0.05) is 31.6 Å². The average molecular weight is 316 g/mol. The maximum atomic E-state index is 13.4. The molecule has 0 radical (unpaired) electrons. The molecule has 0 unspecified atom stereocenters. The summed E-state index contributed by atoms with van der Waals surface area (Å²) in [5.74, 6) is 0.517. The molecule has 122 valence electrons. The molecule has 2 aromatic rings. The smallest absolute Gasteiger partial charge is 0.221 e. The highest BCUT2D eigenvalue weighted by Crippen LogP contribution is 2.11. The number of rotatable bonds is 8. The van der Waals surface area contributed by atoms with Crippen LogP contribution in [0.1, 0.15) is 17.5 Å². The molecule has 0 aliphatic heterocycles. The van der Waals surface area contributed by atoms with Crippen LogP contribution in [0.3, 0.4) is 0 Å². The van der Waals surface area contributed by atoms with Gasteiger partial charge in [0.25, 0.3) is 0 Å². The van der Waals surface area contributed by atoms with Gasteiger partial charge >= 0.3 is 0 Å². The summed E-state index contributed by atoms with van der Waals surface area (Å²) in [5.41, 5.74) is 1.62. The van der Waals surface area contributed by atoms with Crippen molar-refractivity contribution in [3.63, 3.8) is 0 Å². The van der Waals surface area contributed by atoms with E-state index in [9.17, 15) is 9.18 Å². The van der Waals surface area contributed by atoms with Crippen molar-refractivity contribution in [2.45, 2.75) is 19.5 Å². The van der Waals surface area contributed by atoms with Crippen LogP contribution < -0.4 is 15.4 Å². The number of hydrogen-bond donors (Lipinski definition) is 2. The van der Waals surface area contributed by atoms with Crippen LogP contribution in [-0.4, -0.2) is 19.6 Å². The van der Waals surface area contributed by atoms with Crippen molar-refractivity contribution in [2.24, 2.45) is 0 Å². The minimum Gasteiger partial charge on any atom is -0.497 e. The maximum Gasteiger partial charge on any atom is 0.221 e. The molecule has 0 atom stereocenters. The summed E-state index contributed by atoms with van der Waals surface area (Å²) in [7, 11) is 1.62. The lowest BCUT2D eigenvalue weighted by molar-refractivity contribution is -0.121. The first-order valence-corrected chi connectivity index (χ1v) is 7.53. The van der Waals surface area contributed by atoms with Crippen molar-refractivity contribution >= 4 is 5.91 Å². The van der Waals surface area contributed by atoms with E-state index < -0.39 is 0 Å². The summed E-state index contributed by atoms with van der Waals surface area (Å²) in [4.78, 5) is 11.8. The maximum absolute atomic E-state index is 13.4. The third kappa shape index (κ3) is 5.71. The lowest BCUT2D eigenvalue weighted by Crippen LogP contribution is -2.27. The molecule has 0 saturated heterocycles. The molecule has 0 fully saturated rings. The monoisotopic (exact) mass is 316 g/mol. The van der Waals surface area contributed by atoms with Gasteiger partial charge in [-0.25, -0.2) is 4.39 Å². The second kappa shape index (κ2) is 8.90. The second-order valence-electron chi connectivity index (χ2n) is 5.14. The molecule has 23 heavy (non-hydrogen) atoms. The molecule has 5 heteroatoms. The van der Waals surface area contributed by atoms with Gasteiger partial charge in [-0.1, -0.05) is 30.3 Å². The average Bonchev–Trinajstić information content (AvgIpc) is 2.59. The van der Waals surface area contributed by atoms with Crippen LogP contribution in [0.2, 0.25) is 0 Å². The highest BCUT2D eigenvalue weighted by atomic mass is 19.1. The minimum absolute atomic E-state index is 0.0400. The van der Waals surface area contributed by atoms with Crippen LogP contribution >= 0.6 is 0 Å². The molecular weight excluding hydrogens is 295 g/mol. The molecule has 4 nitrogen and oxygen atoms in total. The van der Waals surface area contributed by atoms with E-state index >= 15 is 0 Å². The molecule has 2 aromatic carbocycles. The SMILES string of the molecule is COc1ccc(CNC(=O)CCNCc2ccccc2F)cc1. The van der Waals surface area contributed by atoms with Gasteiger partial charge in [-0.3, -0.25) is 4.79 Å². The van der Waals surface area contributed by atoms with Gasteiger partial charge in [-0.15, -0.1) is 0 Å². The first-order valence-electron chi connectivity index (χ1n) is 7.53. The van der Waals surface area contributed by atoms with E-state index in [4.69, 9.17) is 4.74 Å². The summed E-state index contributed by atoms with van der Waals surface area (Å²) in [6.45, 7) is 1.40. The van der Waals surface area contributed by atoms with Crippen molar-refractivity contribution in [3.05, 3.63) is 65.5 Å². The molecule has 2 rings (SSSR count). The zero-order valence-corrected chi connectivity index (χ0v) is 13.1. The summed E-state index contributed by atoms with van der Waals surface area (Å²) in [6.07, 6.45) is 0.352. The van der Waals surface area contributed by atoms with E-state index in [0.717, 1.165) is 11.3 Å². The zero-order chi connectivity index (χ0) is 16.5. The Bertz CT molecular complexity index is 629. The normalized spacial score (nSPS) is 10.3. The summed E-state index contributed by atoms with van der Waals surface area (Å²) in [5, 5.41) is 5.92. The molecule has 0 aromatic heterocycles. The highest BCUT2D eigenvalue weighted by Gasteiger charge is 2.03. The van der Waals surface area contributed by atoms with E-state index in [1.807, 2.05) is 24.3 Å². The van der Waals surface area contributed by atoms with Crippen molar-refractivity contribution in [2.75, 3.05) is 13.7 Å². The second-order valence-corrected chi connectivity index (χ2v) is 5.14. The largest absolute Gasteiger partial charge is 0.497 e. The van der Waals surface area contributed by atoms with Gasteiger partial charge in [-0.05, 0) is 23.8 Å².